The Morgan fingerprint density at radius 1 is 1.42 bits per heavy atom. The zero-order valence-electron chi connectivity index (χ0n) is 13.1. The van der Waals surface area contributed by atoms with E-state index in [0.717, 1.165) is 17.7 Å². The van der Waals surface area contributed by atoms with Gasteiger partial charge in [-0.2, -0.15) is 0 Å². The molecule has 0 radical (unpaired) electrons. The van der Waals surface area contributed by atoms with E-state index in [4.69, 9.17) is 11.6 Å². The topological polar surface area (TPSA) is 79.9 Å². The number of benzene rings is 1. The van der Waals surface area contributed by atoms with Crippen LogP contribution in [0.15, 0.2) is 48.1 Å². The van der Waals surface area contributed by atoms with E-state index in [1.165, 1.54) is 0 Å². The van der Waals surface area contributed by atoms with Gasteiger partial charge in [0.2, 0.25) is 0 Å². The molecule has 0 aliphatic heterocycles. The number of rotatable bonds is 5. The van der Waals surface area contributed by atoms with Crippen molar-refractivity contribution in [2.75, 3.05) is 6.54 Å². The number of allylic oxidation sites excluding steroid dienone is 2. The SMILES string of the molecule is O=C1C[C@@H](c2cccc(Cl)c2)CC(O)=C1C=[NH+]CCc1cnc[nH]1. The molecule has 0 amide bonds. The van der Waals surface area contributed by atoms with Gasteiger partial charge in [-0.15, -0.1) is 0 Å². The van der Waals surface area contributed by atoms with Crippen molar-refractivity contribution in [2.45, 2.75) is 25.2 Å². The van der Waals surface area contributed by atoms with Crippen molar-refractivity contribution < 1.29 is 14.9 Å². The number of aromatic nitrogens is 2. The molecule has 0 fully saturated rings. The molecule has 6 heteroatoms. The number of aromatic amines is 1. The van der Waals surface area contributed by atoms with Gasteiger partial charge in [-0.05, 0) is 23.6 Å². The number of aliphatic hydroxyl groups is 1. The van der Waals surface area contributed by atoms with E-state index in [0.29, 0.717) is 30.0 Å². The average Bonchev–Trinajstić information content (AvgIpc) is 3.06. The van der Waals surface area contributed by atoms with E-state index in [2.05, 4.69) is 15.0 Å². The van der Waals surface area contributed by atoms with Crippen LogP contribution in [0, 0.1) is 0 Å². The molecule has 1 heterocycles. The van der Waals surface area contributed by atoms with Gasteiger partial charge in [0.05, 0.1) is 6.33 Å². The fraction of sp³-hybridized carbons (Fsp3) is 0.278. The van der Waals surface area contributed by atoms with Crippen LogP contribution in [0.3, 0.4) is 0 Å². The lowest BCUT2D eigenvalue weighted by atomic mass is 9.83. The lowest BCUT2D eigenvalue weighted by molar-refractivity contribution is -0.450. The van der Waals surface area contributed by atoms with E-state index in [-0.39, 0.29) is 17.5 Å². The van der Waals surface area contributed by atoms with Crippen LogP contribution in [0.2, 0.25) is 5.02 Å². The Hall–Kier alpha value is -2.40. The summed E-state index contributed by atoms with van der Waals surface area (Å²) in [7, 11) is 0. The molecular weight excluding hydrogens is 326 g/mol. The minimum Gasteiger partial charge on any atom is -0.511 e. The van der Waals surface area contributed by atoms with Gasteiger partial charge in [0.1, 0.15) is 17.9 Å². The molecule has 1 aliphatic rings. The number of ketones is 1. The van der Waals surface area contributed by atoms with Crippen molar-refractivity contribution >= 4 is 23.6 Å². The highest BCUT2D eigenvalue weighted by Gasteiger charge is 2.29. The zero-order valence-corrected chi connectivity index (χ0v) is 13.9. The minimum atomic E-state index is -0.0576. The largest absolute Gasteiger partial charge is 0.511 e. The van der Waals surface area contributed by atoms with Crippen molar-refractivity contribution in [2.24, 2.45) is 0 Å². The molecular formula is C18H19ClN3O2+. The smallest absolute Gasteiger partial charge is 0.176 e. The number of carbonyl (C=O) groups excluding carboxylic acids is 1. The molecule has 5 nitrogen and oxygen atoms in total. The van der Waals surface area contributed by atoms with Crippen molar-refractivity contribution in [3.63, 3.8) is 0 Å². The van der Waals surface area contributed by atoms with Gasteiger partial charge in [0.15, 0.2) is 12.0 Å². The van der Waals surface area contributed by atoms with Gasteiger partial charge in [0.25, 0.3) is 0 Å². The zero-order chi connectivity index (χ0) is 16.9. The number of hydrogen-bond acceptors (Lipinski definition) is 3. The van der Waals surface area contributed by atoms with Gasteiger partial charge in [-0.25, -0.2) is 9.98 Å². The van der Waals surface area contributed by atoms with Crippen LogP contribution in [0.1, 0.15) is 30.0 Å². The fourth-order valence-corrected chi connectivity index (χ4v) is 3.07. The first-order valence-corrected chi connectivity index (χ1v) is 8.26. The Kier molecular flexibility index (Phi) is 5.11. The molecule has 0 saturated carbocycles. The first-order valence-electron chi connectivity index (χ1n) is 7.88. The van der Waals surface area contributed by atoms with Crippen molar-refractivity contribution in [3.8, 4) is 0 Å². The van der Waals surface area contributed by atoms with Crippen LogP contribution in [-0.4, -0.2) is 33.6 Å². The van der Waals surface area contributed by atoms with Crippen LogP contribution in [0.4, 0.5) is 0 Å². The molecule has 0 saturated heterocycles. The first kappa shape index (κ1) is 16.5. The number of nitrogens with zero attached hydrogens (tertiary/aromatic N) is 1. The van der Waals surface area contributed by atoms with E-state index in [1.54, 1.807) is 24.8 Å². The second-order valence-electron chi connectivity index (χ2n) is 5.87. The highest BCUT2D eigenvalue weighted by Crippen LogP contribution is 2.33. The molecule has 0 unspecified atom stereocenters. The number of imidazole rings is 1. The summed E-state index contributed by atoms with van der Waals surface area (Å²) in [5.41, 5.74) is 2.37. The van der Waals surface area contributed by atoms with Gasteiger partial charge in [-0.3, -0.25) is 4.79 Å². The number of carbonyl (C=O) groups is 1. The van der Waals surface area contributed by atoms with Crippen molar-refractivity contribution in [1.82, 2.24) is 9.97 Å². The molecule has 124 valence electrons. The van der Waals surface area contributed by atoms with Crippen LogP contribution in [0.25, 0.3) is 0 Å². The summed E-state index contributed by atoms with van der Waals surface area (Å²) in [4.78, 5) is 22.4. The predicted molar refractivity (Wildman–Crippen MR) is 92.3 cm³/mol. The standard InChI is InChI=1S/C18H18ClN3O2/c19-14-3-1-2-12(6-14)13-7-17(23)16(18(24)8-13)10-20-5-4-15-9-21-11-22-15/h1-3,6,9-11,13,23H,4-5,7-8H2,(H,21,22)/p+1/t13-/m0/s1. The van der Waals surface area contributed by atoms with Crippen LogP contribution < -0.4 is 4.99 Å². The van der Waals surface area contributed by atoms with Crippen LogP contribution in [-0.2, 0) is 11.2 Å². The summed E-state index contributed by atoms with van der Waals surface area (Å²) >= 11 is 6.01. The molecule has 1 aliphatic carbocycles. The number of nitrogens with one attached hydrogen (secondary N) is 2. The predicted octanol–water partition coefficient (Wildman–Crippen LogP) is 1.72. The molecule has 1 aromatic carbocycles. The molecule has 0 spiro atoms. The Bertz CT molecular complexity index is 781. The third-order valence-electron chi connectivity index (χ3n) is 4.14. The average molecular weight is 345 g/mol. The maximum atomic E-state index is 12.4. The quantitative estimate of drug-likeness (QED) is 0.722. The number of aliphatic hydroxyl groups excluding tert-OH is 1. The molecule has 2 aromatic rings. The Labute approximate surface area is 145 Å². The van der Waals surface area contributed by atoms with Gasteiger partial charge in [-0.1, -0.05) is 23.7 Å². The second kappa shape index (κ2) is 7.45. The summed E-state index contributed by atoms with van der Waals surface area (Å²) < 4.78 is 0. The van der Waals surface area contributed by atoms with E-state index in [1.807, 2.05) is 18.2 Å². The number of Topliss-reactive ketones (excluding diaryl/α,β-unsaturated/α-hetero) is 1. The van der Waals surface area contributed by atoms with Gasteiger partial charge >= 0.3 is 0 Å². The van der Waals surface area contributed by atoms with E-state index < -0.39 is 0 Å². The maximum Gasteiger partial charge on any atom is 0.176 e. The summed E-state index contributed by atoms with van der Waals surface area (Å²) in [6.07, 6.45) is 6.60. The second-order valence-corrected chi connectivity index (χ2v) is 6.31. The summed E-state index contributed by atoms with van der Waals surface area (Å²) in [5.74, 6) is 0.0429. The van der Waals surface area contributed by atoms with Crippen molar-refractivity contribution in [1.29, 1.82) is 0 Å². The third-order valence-corrected chi connectivity index (χ3v) is 4.38. The molecule has 1 atom stereocenters. The maximum absolute atomic E-state index is 12.4. The number of halogens is 1. The van der Waals surface area contributed by atoms with E-state index in [9.17, 15) is 9.90 Å². The van der Waals surface area contributed by atoms with Gasteiger partial charge < -0.3 is 10.1 Å². The molecule has 0 bridgehead atoms. The Morgan fingerprint density at radius 3 is 3.00 bits per heavy atom. The lowest BCUT2D eigenvalue weighted by Gasteiger charge is -2.21. The fourth-order valence-electron chi connectivity index (χ4n) is 2.87. The lowest BCUT2D eigenvalue weighted by Crippen LogP contribution is -2.70. The van der Waals surface area contributed by atoms with E-state index >= 15 is 0 Å². The monoisotopic (exact) mass is 344 g/mol. The van der Waals surface area contributed by atoms with Crippen LogP contribution >= 0.6 is 11.6 Å². The summed E-state index contributed by atoms with van der Waals surface area (Å²) in [6, 6.07) is 7.45. The van der Waals surface area contributed by atoms with Crippen molar-refractivity contribution in [3.05, 3.63) is 64.4 Å². The highest BCUT2D eigenvalue weighted by atomic mass is 35.5. The highest BCUT2D eigenvalue weighted by molar-refractivity contribution is 6.30. The number of H-pyrrole nitrogens is 1. The minimum absolute atomic E-state index is 0.0293. The molecule has 3 rings (SSSR count). The molecule has 3 N–H and O–H groups in total. The first-order chi connectivity index (χ1) is 11.6. The van der Waals surface area contributed by atoms with Crippen LogP contribution in [0.5, 0.6) is 0 Å². The molecule has 24 heavy (non-hydrogen) atoms. The third kappa shape index (κ3) is 3.92. The Morgan fingerprint density at radius 2 is 2.29 bits per heavy atom. The van der Waals surface area contributed by atoms with Gasteiger partial charge in [0, 0.05) is 36.2 Å². The Balaban J connectivity index is 1.66. The summed E-state index contributed by atoms with van der Waals surface area (Å²) in [5, 5.41) is 10.9. The summed E-state index contributed by atoms with van der Waals surface area (Å²) in [6.45, 7) is 0.657. The molecule has 1 aromatic heterocycles. The normalized spacial score (nSPS) is 18.5. The number of hydrogen-bond donors (Lipinski definition) is 3.